The molecular weight excluding hydrogens is 272 g/mol. The van der Waals surface area contributed by atoms with Gasteiger partial charge in [0, 0.05) is 17.1 Å². The van der Waals surface area contributed by atoms with Crippen LogP contribution in [0.1, 0.15) is 26.5 Å². The van der Waals surface area contributed by atoms with E-state index in [-0.39, 0.29) is 12.5 Å². The van der Waals surface area contributed by atoms with Gasteiger partial charge in [-0.1, -0.05) is 17.9 Å². The van der Waals surface area contributed by atoms with Crippen molar-refractivity contribution in [1.29, 1.82) is 0 Å². The summed E-state index contributed by atoms with van der Waals surface area (Å²) in [6, 6.07) is 5.44. The standard InChI is InChI=1S/C15H14N2O2S/c1-11-4-5-13(12(9-11)3-2-7-18)15(19)17-10-14-16-6-8-20-14/h4-6,8-9,18H,7,10H2,1H3,(H,17,19). The summed E-state index contributed by atoms with van der Waals surface area (Å²) < 4.78 is 0. The minimum atomic E-state index is -0.228. The number of aryl methyl sites for hydroxylation is 1. The van der Waals surface area contributed by atoms with Gasteiger partial charge in [-0.25, -0.2) is 4.98 Å². The largest absolute Gasteiger partial charge is 0.384 e. The van der Waals surface area contributed by atoms with Gasteiger partial charge in [0.05, 0.1) is 12.1 Å². The highest BCUT2D eigenvalue weighted by molar-refractivity contribution is 7.09. The number of thiazole rings is 1. The van der Waals surface area contributed by atoms with Gasteiger partial charge in [0.1, 0.15) is 11.6 Å². The molecule has 0 fully saturated rings. The van der Waals surface area contributed by atoms with Crippen LogP contribution in [0, 0.1) is 18.8 Å². The Morgan fingerprint density at radius 3 is 3.05 bits per heavy atom. The summed E-state index contributed by atoms with van der Waals surface area (Å²) in [5.74, 6) is 5.18. The number of aliphatic hydroxyl groups excluding tert-OH is 1. The molecule has 102 valence electrons. The Hall–Kier alpha value is -2.16. The van der Waals surface area contributed by atoms with Crippen molar-refractivity contribution in [2.24, 2.45) is 0 Å². The first-order valence-electron chi connectivity index (χ1n) is 6.07. The number of hydrogen-bond donors (Lipinski definition) is 2. The van der Waals surface area contributed by atoms with Crippen LogP contribution in [0.2, 0.25) is 0 Å². The Kier molecular flexibility index (Phi) is 4.88. The van der Waals surface area contributed by atoms with Crippen LogP contribution in [0.3, 0.4) is 0 Å². The van der Waals surface area contributed by atoms with Crippen molar-refractivity contribution in [1.82, 2.24) is 10.3 Å². The van der Waals surface area contributed by atoms with Crippen molar-refractivity contribution in [2.75, 3.05) is 6.61 Å². The molecule has 0 aliphatic carbocycles. The van der Waals surface area contributed by atoms with E-state index in [4.69, 9.17) is 5.11 Å². The van der Waals surface area contributed by atoms with Crippen molar-refractivity contribution in [2.45, 2.75) is 13.5 Å². The molecule has 0 atom stereocenters. The molecule has 1 aromatic heterocycles. The van der Waals surface area contributed by atoms with Crippen LogP contribution in [0.15, 0.2) is 29.8 Å². The number of carbonyl (C=O) groups is 1. The predicted molar refractivity (Wildman–Crippen MR) is 78.4 cm³/mol. The number of aliphatic hydroxyl groups is 1. The van der Waals surface area contributed by atoms with Gasteiger partial charge in [-0.2, -0.15) is 0 Å². The van der Waals surface area contributed by atoms with Crippen LogP contribution in [0.25, 0.3) is 0 Å². The van der Waals surface area contributed by atoms with Gasteiger partial charge in [0.2, 0.25) is 0 Å². The molecule has 0 spiro atoms. The van der Waals surface area contributed by atoms with Crippen LogP contribution in [-0.2, 0) is 6.54 Å². The van der Waals surface area contributed by atoms with E-state index >= 15 is 0 Å². The van der Waals surface area contributed by atoms with E-state index in [0.717, 1.165) is 10.6 Å². The zero-order valence-electron chi connectivity index (χ0n) is 11.0. The number of rotatable bonds is 3. The summed E-state index contributed by atoms with van der Waals surface area (Å²) in [5.41, 5.74) is 2.15. The van der Waals surface area contributed by atoms with Crippen LogP contribution in [0.5, 0.6) is 0 Å². The molecule has 0 saturated carbocycles. The minimum absolute atomic E-state index is 0.192. The number of benzene rings is 1. The molecular formula is C15H14N2O2S. The van der Waals surface area contributed by atoms with Gasteiger partial charge in [-0.05, 0) is 24.6 Å². The number of nitrogens with one attached hydrogen (secondary N) is 1. The quantitative estimate of drug-likeness (QED) is 0.845. The first-order valence-corrected chi connectivity index (χ1v) is 6.95. The predicted octanol–water partition coefficient (Wildman–Crippen LogP) is 1.73. The molecule has 0 unspecified atom stereocenters. The molecule has 1 aromatic carbocycles. The molecule has 4 nitrogen and oxygen atoms in total. The summed E-state index contributed by atoms with van der Waals surface area (Å²) in [6.07, 6.45) is 1.70. The second-order valence-electron chi connectivity index (χ2n) is 4.12. The van der Waals surface area contributed by atoms with Crippen molar-refractivity contribution in [3.8, 4) is 11.8 Å². The summed E-state index contributed by atoms with van der Waals surface area (Å²) in [6.45, 7) is 2.10. The van der Waals surface area contributed by atoms with Gasteiger partial charge in [-0.15, -0.1) is 11.3 Å². The zero-order valence-corrected chi connectivity index (χ0v) is 11.8. The maximum atomic E-state index is 12.2. The van der Waals surface area contributed by atoms with Crippen molar-refractivity contribution < 1.29 is 9.90 Å². The van der Waals surface area contributed by atoms with Gasteiger partial charge < -0.3 is 10.4 Å². The highest BCUT2D eigenvalue weighted by atomic mass is 32.1. The molecule has 0 aliphatic rings. The molecule has 20 heavy (non-hydrogen) atoms. The Morgan fingerprint density at radius 1 is 1.50 bits per heavy atom. The van der Waals surface area contributed by atoms with Crippen molar-refractivity contribution >= 4 is 17.2 Å². The maximum Gasteiger partial charge on any atom is 0.252 e. The lowest BCUT2D eigenvalue weighted by Crippen LogP contribution is -2.23. The fourth-order valence-corrected chi connectivity index (χ4v) is 2.24. The fraction of sp³-hybridized carbons (Fsp3) is 0.200. The van der Waals surface area contributed by atoms with E-state index in [0.29, 0.717) is 17.7 Å². The average Bonchev–Trinajstić information content (AvgIpc) is 2.96. The topological polar surface area (TPSA) is 62.2 Å². The molecule has 2 N–H and O–H groups in total. The zero-order chi connectivity index (χ0) is 14.4. The molecule has 2 aromatic rings. The lowest BCUT2D eigenvalue weighted by Gasteiger charge is -2.06. The molecule has 5 heteroatoms. The third-order valence-electron chi connectivity index (χ3n) is 2.61. The third-order valence-corrected chi connectivity index (χ3v) is 3.39. The number of hydrogen-bond acceptors (Lipinski definition) is 4. The molecule has 0 radical (unpaired) electrons. The van der Waals surface area contributed by atoms with E-state index in [9.17, 15) is 4.79 Å². The first-order chi connectivity index (χ1) is 9.70. The molecule has 1 amide bonds. The fourth-order valence-electron chi connectivity index (χ4n) is 1.69. The second kappa shape index (κ2) is 6.85. The Balaban J connectivity index is 2.16. The average molecular weight is 286 g/mol. The van der Waals surface area contributed by atoms with Gasteiger partial charge in [0.15, 0.2) is 0 Å². The molecule has 0 saturated heterocycles. The van der Waals surface area contributed by atoms with E-state index < -0.39 is 0 Å². The van der Waals surface area contributed by atoms with E-state index in [1.165, 1.54) is 11.3 Å². The van der Waals surface area contributed by atoms with Crippen LogP contribution in [-0.4, -0.2) is 22.6 Å². The Labute approximate surface area is 121 Å². The van der Waals surface area contributed by atoms with E-state index in [2.05, 4.69) is 22.1 Å². The lowest BCUT2D eigenvalue weighted by atomic mass is 10.0. The normalized spacial score (nSPS) is 9.70. The van der Waals surface area contributed by atoms with Crippen LogP contribution in [0.4, 0.5) is 0 Å². The van der Waals surface area contributed by atoms with Crippen LogP contribution < -0.4 is 5.32 Å². The number of nitrogens with zero attached hydrogens (tertiary/aromatic N) is 1. The monoisotopic (exact) mass is 286 g/mol. The van der Waals surface area contributed by atoms with Gasteiger partial charge in [-0.3, -0.25) is 4.79 Å². The van der Waals surface area contributed by atoms with Crippen molar-refractivity contribution in [3.63, 3.8) is 0 Å². The third kappa shape index (κ3) is 3.67. The second-order valence-corrected chi connectivity index (χ2v) is 5.10. The van der Waals surface area contributed by atoms with E-state index in [1.54, 1.807) is 12.3 Å². The number of carbonyl (C=O) groups excluding carboxylic acids is 1. The van der Waals surface area contributed by atoms with Gasteiger partial charge in [0.25, 0.3) is 5.91 Å². The van der Waals surface area contributed by atoms with Crippen LogP contribution >= 0.6 is 11.3 Å². The molecule has 1 heterocycles. The summed E-state index contributed by atoms with van der Waals surface area (Å²) in [7, 11) is 0. The Morgan fingerprint density at radius 2 is 2.35 bits per heavy atom. The molecule has 0 aliphatic heterocycles. The summed E-state index contributed by atoms with van der Waals surface area (Å²) in [4.78, 5) is 16.3. The number of amides is 1. The number of aromatic nitrogens is 1. The lowest BCUT2D eigenvalue weighted by molar-refractivity contribution is 0.0950. The highest BCUT2D eigenvalue weighted by Gasteiger charge is 2.10. The Bertz CT molecular complexity index is 654. The maximum absolute atomic E-state index is 12.2. The molecule has 2 rings (SSSR count). The SMILES string of the molecule is Cc1ccc(C(=O)NCc2nccs2)c(C#CCO)c1. The van der Waals surface area contributed by atoms with Gasteiger partial charge >= 0.3 is 0 Å². The smallest absolute Gasteiger partial charge is 0.252 e. The summed E-state index contributed by atoms with van der Waals surface area (Å²) in [5, 5.41) is 14.3. The van der Waals surface area contributed by atoms with E-state index in [1.807, 2.05) is 24.4 Å². The van der Waals surface area contributed by atoms with Crippen molar-refractivity contribution in [3.05, 3.63) is 51.5 Å². The molecule has 0 bridgehead atoms. The minimum Gasteiger partial charge on any atom is -0.384 e. The highest BCUT2D eigenvalue weighted by Crippen LogP contribution is 2.11. The first kappa shape index (κ1) is 14.3. The summed E-state index contributed by atoms with van der Waals surface area (Å²) >= 11 is 1.49.